The molecule has 112 valence electrons. The number of hydrogen-bond acceptors (Lipinski definition) is 3. The molecule has 1 aliphatic heterocycles. The van der Waals surface area contributed by atoms with Crippen molar-refractivity contribution in [2.75, 3.05) is 26.7 Å². The zero-order valence-corrected chi connectivity index (χ0v) is 14.2. The average Bonchev–Trinajstić information content (AvgIpc) is 2.41. The Morgan fingerprint density at radius 3 is 2.95 bits per heavy atom. The van der Waals surface area contributed by atoms with E-state index >= 15 is 0 Å². The highest BCUT2D eigenvalue weighted by atomic mass is 79.9. The van der Waals surface area contributed by atoms with Crippen molar-refractivity contribution in [3.05, 3.63) is 28.2 Å². The van der Waals surface area contributed by atoms with Crippen LogP contribution in [0.15, 0.2) is 22.7 Å². The van der Waals surface area contributed by atoms with Gasteiger partial charge in [-0.25, -0.2) is 0 Å². The van der Waals surface area contributed by atoms with Crippen LogP contribution in [0.25, 0.3) is 0 Å². The second-order valence-corrected chi connectivity index (χ2v) is 6.83. The van der Waals surface area contributed by atoms with Crippen molar-refractivity contribution in [1.29, 1.82) is 0 Å². The second-order valence-electron chi connectivity index (χ2n) is 5.91. The molecule has 20 heavy (non-hydrogen) atoms. The van der Waals surface area contributed by atoms with E-state index in [0.717, 1.165) is 42.3 Å². The first kappa shape index (κ1) is 15.8. The van der Waals surface area contributed by atoms with Crippen molar-refractivity contribution in [3.63, 3.8) is 0 Å². The molecular weight excluding hydrogens is 316 g/mol. The number of piperazine rings is 1. The third kappa shape index (κ3) is 4.21. The molecule has 1 unspecified atom stereocenters. The number of rotatable bonds is 5. The second kappa shape index (κ2) is 7.43. The van der Waals surface area contributed by atoms with Crippen molar-refractivity contribution in [3.8, 4) is 5.75 Å². The predicted molar refractivity (Wildman–Crippen MR) is 87.2 cm³/mol. The van der Waals surface area contributed by atoms with E-state index in [-0.39, 0.29) is 0 Å². The van der Waals surface area contributed by atoms with E-state index in [0.29, 0.717) is 6.04 Å². The van der Waals surface area contributed by atoms with Crippen molar-refractivity contribution < 1.29 is 4.74 Å². The first-order valence-corrected chi connectivity index (χ1v) is 8.16. The summed E-state index contributed by atoms with van der Waals surface area (Å²) in [5.74, 6) is 1.71. The predicted octanol–water partition coefficient (Wildman–Crippen LogP) is 3.28. The van der Waals surface area contributed by atoms with Gasteiger partial charge in [0.25, 0.3) is 0 Å². The van der Waals surface area contributed by atoms with E-state index in [9.17, 15) is 0 Å². The van der Waals surface area contributed by atoms with Crippen LogP contribution in [0.5, 0.6) is 5.75 Å². The lowest BCUT2D eigenvalue weighted by Crippen LogP contribution is -2.51. The molecule has 1 aliphatic rings. The molecule has 1 aromatic rings. The lowest BCUT2D eigenvalue weighted by atomic mass is 10.00. The molecule has 0 saturated carbocycles. The Morgan fingerprint density at radius 2 is 2.25 bits per heavy atom. The lowest BCUT2D eigenvalue weighted by Gasteiger charge is -2.37. The third-order valence-corrected chi connectivity index (χ3v) is 4.32. The fourth-order valence-electron chi connectivity index (χ4n) is 2.88. The molecule has 0 amide bonds. The van der Waals surface area contributed by atoms with Crippen LogP contribution in [-0.4, -0.2) is 37.7 Å². The maximum atomic E-state index is 5.50. The summed E-state index contributed by atoms with van der Waals surface area (Å²) < 4.78 is 6.61. The molecule has 1 saturated heterocycles. The van der Waals surface area contributed by atoms with Crippen molar-refractivity contribution >= 4 is 15.9 Å². The van der Waals surface area contributed by atoms with Crippen molar-refractivity contribution in [1.82, 2.24) is 10.2 Å². The SMILES string of the molecule is COc1ccc(Br)cc1CN1CCNCC1CC(C)C. The molecule has 3 nitrogen and oxygen atoms in total. The van der Waals surface area contributed by atoms with Gasteiger partial charge in [0.2, 0.25) is 0 Å². The zero-order chi connectivity index (χ0) is 14.5. The van der Waals surface area contributed by atoms with Gasteiger partial charge < -0.3 is 10.1 Å². The fourth-order valence-corrected chi connectivity index (χ4v) is 3.29. The fraction of sp³-hybridized carbons (Fsp3) is 0.625. The Kier molecular flexibility index (Phi) is 5.87. The van der Waals surface area contributed by atoms with Gasteiger partial charge in [-0.3, -0.25) is 4.90 Å². The summed E-state index contributed by atoms with van der Waals surface area (Å²) in [6.07, 6.45) is 1.24. The molecule has 0 spiro atoms. The number of ether oxygens (including phenoxy) is 1. The molecule has 1 heterocycles. The van der Waals surface area contributed by atoms with Crippen LogP contribution in [0, 0.1) is 5.92 Å². The number of hydrogen-bond donors (Lipinski definition) is 1. The highest BCUT2D eigenvalue weighted by molar-refractivity contribution is 9.10. The van der Waals surface area contributed by atoms with Crippen molar-refractivity contribution in [2.45, 2.75) is 32.9 Å². The smallest absolute Gasteiger partial charge is 0.123 e. The molecule has 1 aromatic carbocycles. The van der Waals surface area contributed by atoms with Crippen LogP contribution in [0.1, 0.15) is 25.8 Å². The van der Waals surface area contributed by atoms with Gasteiger partial charge >= 0.3 is 0 Å². The first-order valence-electron chi connectivity index (χ1n) is 7.37. The summed E-state index contributed by atoms with van der Waals surface area (Å²) in [7, 11) is 1.75. The van der Waals surface area contributed by atoms with Crippen molar-refractivity contribution in [2.24, 2.45) is 5.92 Å². The first-order chi connectivity index (χ1) is 9.60. The van der Waals surface area contributed by atoms with Crippen LogP contribution in [0.3, 0.4) is 0 Å². The Labute approximate surface area is 130 Å². The molecule has 0 aliphatic carbocycles. The highest BCUT2D eigenvalue weighted by Crippen LogP contribution is 2.26. The van der Waals surface area contributed by atoms with Gasteiger partial charge in [-0.05, 0) is 30.5 Å². The highest BCUT2D eigenvalue weighted by Gasteiger charge is 2.23. The minimum Gasteiger partial charge on any atom is -0.496 e. The maximum absolute atomic E-state index is 5.50. The topological polar surface area (TPSA) is 24.5 Å². The molecule has 0 aromatic heterocycles. The number of nitrogens with one attached hydrogen (secondary N) is 1. The summed E-state index contributed by atoms with van der Waals surface area (Å²) in [5, 5.41) is 3.51. The van der Waals surface area contributed by atoms with Crippen LogP contribution in [-0.2, 0) is 6.54 Å². The minimum absolute atomic E-state index is 0.618. The van der Waals surface area contributed by atoms with E-state index in [1.165, 1.54) is 12.0 Å². The Morgan fingerprint density at radius 1 is 1.45 bits per heavy atom. The van der Waals surface area contributed by atoms with Crippen LogP contribution in [0.2, 0.25) is 0 Å². The number of halogens is 1. The zero-order valence-electron chi connectivity index (χ0n) is 12.7. The maximum Gasteiger partial charge on any atom is 0.123 e. The van der Waals surface area contributed by atoms with E-state index in [1.807, 2.05) is 12.1 Å². The summed E-state index contributed by atoms with van der Waals surface area (Å²) >= 11 is 3.56. The molecule has 1 atom stereocenters. The Balaban J connectivity index is 2.11. The average molecular weight is 341 g/mol. The minimum atomic E-state index is 0.618. The quantitative estimate of drug-likeness (QED) is 0.890. The third-order valence-electron chi connectivity index (χ3n) is 3.83. The number of benzene rings is 1. The van der Waals surface area contributed by atoms with E-state index in [4.69, 9.17) is 4.74 Å². The van der Waals surface area contributed by atoms with E-state index in [1.54, 1.807) is 7.11 Å². The Bertz CT molecular complexity index is 436. The molecule has 4 heteroatoms. The molecule has 1 N–H and O–H groups in total. The van der Waals surface area contributed by atoms with Gasteiger partial charge in [0.15, 0.2) is 0 Å². The normalized spacial score (nSPS) is 20.4. The van der Waals surface area contributed by atoms with Crippen LogP contribution < -0.4 is 10.1 Å². The summed E-state index contributed by atoms with van der Waals surface area (Å²) in [6, 6.07) is 6.87. The van der Waals surface area contributed by atoms with Crippen LogP contribution in [0.4, 0.5) is 0 Å². The summed E-state index contributed by atoms with van der Waals surface area (Å²) in [4.78, 5) is 2.58. The largest absolute Gasteiger partial charge is 0.496 e. The Hall–Kier alpha value is -0.580. The van der Waals surface area contributed by atoms with Gasteiger partial charge in [0.1, 0.15) is 5.75 Å². The van der Waals surface area contributed by atoms with E-state index in [2.05, 4.69) is 46.1 Å². The molecule has 0 radical (unpaired) electrons. The van der Waals surface area contributed by atoms with E-state index < -0.39 is 0 Å². The molecular formula is C16H25BrN2O. The van der Waals surface area contributed by atoms with Gasteiger partial charge in [-0.1, -0.05) is 29.8 Å². The number of nitrogens with zero attached hydrogens (tertiary/aromatic N) is 1. The number of methoxy groups -OCH3 is 1. The molecule has 1 fully saturated rings. The van der Waals surface area contributed by atoms with Gasteiger partial charge in [-0.2, -0.15) is 0 Å². The van der Waals surface area contributed by atoms with Gasteiger partial charge in [0, 0.05) is 42.3 Å². The lowest BCUT2D eigenvalue weighted by molar-refractivity contribution is 0.133. The van der Waals surface area contributed by atoms with Crippen LogP contribution >= 0.6 is 15.9 Å². The molecule has 2 rings (SSSR count). The van der Waals surface area contributed by atoms with Gasteiger partial charge in [0.05, 0.1) is 7.11 Å². The standard InChI is InChI=1S/C16H25BrN2O/c1-12(2)8-15-10-18-6-7-19(15)11-13-9-14(17)4-5-16(13)20-3/h4-5,9,12,15,18H,6-8,10-11H2,1-3H3. The van der Waals surface area contributed by atoms with Gasteiger partial charge in [-0.15, -0.1) is 0 Å². The summed E-state index contributed by atoms with van der Waals surface area (Å²) in [5.41, 5.74) is 1.26. The monoisotopic (exact) mass is 340 g/mol. The summed E-state index contributed by atoms with van der Waals surface area (Å²) in [6.45, 7) is 8.83. The molecule has 0 bridgehead atoms.